The highest BCUT2D eigenvalue weighted by atomic mass is 79.9. The van der Waals surface area contributed by atoms with Gasteiger partial charge >= 0.3 is 5.97 Å². The number of hydrogen-bond acceptors (Lipinski definition) is 2. The third-order valence-corrected chi connectivity index (χ3v) is 3.32. The lowest BCUT2D eigenvalue weighted by Gasteiger charge is -2.10. The van der Waals surface area contributed by atoms with E-state index in [0.717, 1.165) is 15.4 Å². The Morgan fingerprint density at radius 1 is 1.41 bits per heavy atom. The van der Waals surface area contributed by atoms with Crippen LogP contribution in [0.4, 0.5) is 0 Å². The Bertz CT molecular complexity index is 688. The van der Waals surface area contributed by atoms with Crippen LogP contribution < -0.4 is 5.56 Å². The maximum Gasteiger partial charge on any atom is 0.341 e. The summed E-state index contributed by atoms with van der Waals surface area (Å²) in [6.07, 6.45) is 0. The van der Waals surface area contributed by atoms with E-state index in [1.54, 1.807) is 20.0 Å². The number of aryl methyl sites for hydroxylation is 2. The Labute approximate surface area is 106 Å². The molecule has 0 saturated carbocycles. The van der Waals surface area contributed by atoms with E-state index in [1.165, 1.54) is 4.57 Å². The average Bonchev–Trinajstić information content (AvgIpc) is 2.26. The number of benzene rings is 1. The van der Waals surface area contributed by atoms with Crippen molar-refractivity contribution < 1.29 is 9.90 Å². The first-order valence-electron chi connectivity index (χ1n) is 4.95. The molecule has 5 heteroatoms. The molecule has 0 spiro atoms. The summed E-state index contributed by atoms with van der Waals surface area (Å²) in [7, 11) is 1.57. The number of carbonyl (C=O) groups is 1. The minimum atomic E-state index is -1.19. The Balaban J connectivity index is 3.06. The lowest BCUT2D eigenvalue weighted by atomic mass is 10.0. The van der Waals surface area contributed by atoms with E-state index in [0.29, 0.717) is 5.56 Å². The minimum absolute atomic E-state index is 0.168. The van der Waals surface area contributed by atoms with Crippen molar-refractivity contribution in [3.8, 4) is 0 Å². The summed E-state index contributed by atoms with van der Waals surface area (Å²) >= 11 is 3.34. The molecule has 0 radical (unpaired) electrons. The van der Waals surface area contributed by atoms with Gasteiger partial charge in [-0.2, -0.15) is 0 Å². The molecule has 17 heavy (non-hydrogen) atoms. The standard InChI is InChI=1S/C12H10BrNO3/c1-6-8-5-7(13)3-4-9(8)14(2)11(15)10(6)12(16)17/h3-5H,1-2H3,(H,16,17). The van der Waals surface area contributed by atoms with Gasteiger partial charge in [-0.3, -0.25) is 4.79 Å². The smallest absolute Gasteiger partial charge is 0.341 e. The van der Waals surface area contributed by atoms with Gasteiger partial charge in [0.05, 0.1) is 5.52 Å². The summed E-state index contributed by atoms with van der Waals surface area (Å²) in [5, 5.41) is 9.84. The predicted molar refractivity (Wildman–Crippen MR) is 68.6 cm³/mol. The summed E-state index contributed by atoms with van der Waals surface area (Å²) in [5.41, 5.74) is 0.570. The summed E-state index contributed by atoms with van der Waals surface area (Å²) in [6.45, 7) is 1.65. The lowest BCUT2D eigenvalue weighted by Crippen LogP contribution is -2.26. The molecule has 1 heterocycles. The number of rotatable bonds is 1. The van der Waals surface area contributed by atoms with Gasteiger partial charge in [0, 0.05) is 16.9 Å². The van der Waals surface area contributed by atoms with Gasteiger partial charge in [0.25, 0.3) is 5.56 Å². The van der Waals surface area contributed by atoms with Crippen molar-refractivity contribution in [2.45, 2.75) is 6.92 Å². The van der Waals surface area contributed by atoms with Crippen molar-refractivity contribution in [3.63, 3.8) is 0 Å². The van der Waals surface area contributed by atoms with E-state index in [9.17, 15) is 9.59 Å². The topological polar surface area (TPSA) is 59.3 Å². The van der Waals surface area contributed by atoms with Crippen molar-refractivity contribution in [2.75, 3.05) is 0 Å². The molecule has 88 valence electrons. The van der Waals surface area contributed by atoms with Crippen LogP contribution >= 0.6 is 15.9 Å². The first kappa shape index (κ1) is 11.9. The highest BCUT2D eigenvalue weighted by molar-refractivity contribution is 9.10. The fourth-order valence-corrected chi connectivity index (χ4v) is 2.29. The molecule has 1 aromatic heterocycles. The highest BCUT2D eigenvalue weighted by Gasteiger charge is 2.17. The molecule has 4 nitrogen and oxygen atoms in total. The summed E-state index contributed by atoms with van der Waals surface area (Å²) in [6, 6.07) is 5.43. The summed E-state index contributed by atoms with van der Waals surface area (Å²) < 4.78 is 2.21. The molecule has 0 bridgehead atoms. The molecule has 0 aliphatic rings. The average molecular weight is 296 g/mol. The third kappa shape index (κ3) is 1.76. The molecule has 2 aromatic rings. The molecule has 0 saturated heterocycles. The fourth-order valence-electron chi connectivity index (χ4n) is 1.93. The van der Waals surface area contributed by atoms with Crippen LogP contribution in [0.15, 0.2) is 27.5 Å². The van der Waals surface area contributed by atoms with Crippen LogP contribution in [-0.2, 0) is 7.05 Å². The second kappa shape index (κ2) is 4.00. The monoisotopic (exact) mass is 295 g/mol. The normalized spacial score (nSPS) is 10.8. The van der Waals surface area contributed by atoms with Crippen LogP contribution in [0, 0.1) is 6.92 Å². The molecule has 0 fully saturated rings. The van der Waals surface area contributed by atoms with E-state index in [4.69, 9.17) is 5.11 Å². The van der Waals surface area contributed by atoms with Crippen molar-refractivity contribution in [3.05, 3.63) is 44.2 Å². The zero-order valence-electron chi connectivity index (χ0n) is 9.32. The second-order valence-electron chi connectivity index (χ2n) is 3.83. The van der Waals surface area contributed by atoms with Crippen LogP contribution in [0.3, 0.4) is 0 Å². The Morgan fingerprint density at radius 2 is 2.06 bits per heavy atom. The quantitative estimate of drug-likeness (QED) is 0.878. The number of nitrogens with zero attached hydrogens (tertiary/aromatic N) is 1. The van der Waals surface area contributed by atoms with Crippen LogP contribution in [-0.4, -0.2) is 15.6 Å². The van der Waals surface area contributed by atoms with E-state index in [-0.39, 0.29) is 5.56 Å². The molecule has 0 aliphatic carbocycles. The minimum Gasteiger partial charge on any atom is -0.477 e. The molecular weight excluding hydrogens is 286 g/mol. The maximum absolute atomic E-state index is 11.9. The number of fused-ring (bicyclic) bond motifs is 1. The largest absolute Gasteiger partial charge is 0.477 e. The van der Waals surface area contributed by atoms with Gasteiger partial charge in [0.1, 0.15) is 5.56 Å². The van der Waals surface area contributed by atoms with Crippen molar-refractivity contribution in [1.29, 1.82) is 0 Å². The molecular formula is C12H10BrNO3. The number of hydrogen-bond donors (Lipinski definition) is 1. The molecule has 2 rings (SSSR count). The van der Waals surface area contributed by atoms with Crippen LogP contribution in [0.1, 0.15) is 15.9 Å². The SMILES string of the molecule is Cc1c(C(=O)O)c(=O)n(C)c2ccc(Br)cc12. The first-order chi connectivity index (χ1) is 7.93. The van der Waals surface area contributed by atoms with Crippen molar-refractivity contribution in [2.24, 2.45) is 7.05 Å². The van der Waals surface area contributed by atoms with Gasteiger partial charge in [-0.25, -0.2) is 4.79 Å². The Hall–Kier alpha value is -1.62. The molecule has 1 N–H and O–H groups in total. The summed E-state index contributed by atoms with van der Waals surface area (Å²) in [4.78, 5) is 23.0. The number of aromatic carboxylic acids is 1. The van der Waals surface area contributed by atoms with Gasteiger partial charge in [0.15, 0.2) is 0 Å². The zero-order valence-corrected chi connectivity index (χ0v) is 10.9. The highest BCUT2D eigenvalue weighted by Crippen LogP contribution is 2.23. The van der Waals surface area contributed by atoms with Crippen LogP contribution in [0.2, 0.25) is 0 Å². The summed E-state index contributed by atoms with van der Waals surface area (Å²) in [5.74, 6) is -1.19. The number of halogens is 1. The van der Waals surface area contributed by atoms with Gasteiger partial charge in [-0.05, 0) is 30.7 Å². The first-order valence-corrected chi connectivity index (χ1v) is 5.75. The molecule has 0 aliphatic heterocycles. The predicted octanol–water partition coefficient (Wildman–Crippen LogP) is 2.31. The number of pyridine rings is 1. The molecule has 0 amide bonds. The Morgan fingerprint density at radius 3 is 2.65 bits per heavy atom. The van der Waals surface area contributed by atoms with Crippen molar-refractivity contribution >= 4 is 32.8 Å². The van der Waals surface area contributed by atoms with E-state index < -0.39 is 11.5 Å². The van der Waals surface area contributed by atoms with Gasteiger partial charge < -0.3 is 9.67 Å². The third-order valence-electron chi connectivity index (χ3n) is 2.83. The molecule has 1 aromatic carbocycles. The van der Waals surface area contributed by atoms with E-state index in [2.05, 4.69) is 15.9 Å². The lowest BCUT2D eigenvalue weighted by molar-refractivity contribution is 0.0694. The number of carboxylic acid groups (broad SMARTS) is 1. The maximum atomic E-state index is 11.9. The second-order valence-corrected chi connectivity index (χ2v) is 4.75. The van der Waals surface area contributed by atoms with Gasteiger partial charge in [0.2, 0.25) is 0 Å². The van der Waals surface area contributed by atoms with Crippen LogP contribution in [0.5, 0.6) is 0 Å². The molecule has 0 unspecified atom stereocenters. The fraction of sp³-hybridized carbons (Fsp3) is 0.167. The van der Waals surface area contributed by atoms with Gasteiger partial charge in [-0.1, -0.05) is 15.9 Å². The Kier molecular flexibility index (Phi) is 2.79. The van der Waals surface area contributed by atoms with Crippen LogP contribution in [0.25, 0.3) is 10.9 Å². The van der Waals surface area contributed by atoms with E-state index >= 15 is 0 Å². The number of aromatic nitrogens is 1. The van der Waals surface area contributed by atoms with E-state index in [1.807, 2.05) is 12.1 Å². The van der Waals surface area contributed by atoms with Gasteiger partial charge in [-0.15, -0.1) is 0 Å². The van der Waals surface area contributed by atoms with Crippen molar-refractivity contribution in [1.82, 2.24) is 4.57 Å². The zero-order chi connectivity index (χ0) is 12.7. The molecule has 0 atom stereocenters. The number of carboxylic acids is 1.